The van der Waals surface area contributed by atoms with Gasteiger partial charge in [-0.1, -0.05) is 37.9 Å². The summed E-state index contributed by atoms with van der Waals surface area (Å²) in [6.45, 7) is 4.99. The van der Waals surface area contributed by atoms with Gasteiger partial charge in [0.2, 0.25) is 0 Å². The fourth-order valence-electron chi connectivity index (χ4n) is 3.87. The molecule has 4 aromatic rings. The predicted molar refractivity (Wildman–Crippen MR) is 136 cm³/mol. The molecule has 2 aromatic heterocycles. The van der Waals surface area contributed by atoms with Gasteiger partial charge in [-0.3, -0.25) is 0 Å². The highest BCUT2D eigenvalue weighted by Gasteiger charge is 2.30. The van der Waals surface area contributed by atoms with E-state index < -0.39 is 11.6 Å². The molecule has 5 rings (SSSR count). The van der Waals surface area contributed by atoms with E-state index in [4.69, 9.17) is 26.8 Å². The van der Waals surface area contributed by atoms with Crippen LogP contribution in [0.4, 0.5) is 19.6 Å². The van der Waals surface area contributed by atoms with E-state index in [1.165, 1.54) is 25.7 Å². The summed E-state index contributed by atoms with van der Waals surface area (Å²) in [5, 5.41) is 10.2. The number of halogens is 3. The van der Waals surface area contributed by atoms with Gasteiger partial charge in [0.05, 0.1) is 34.3 Å². The summed E-state index contributed by atoms with van der Waals surface area (Å²) in [5.41, 5.74) is 6.09. The second-order valence-electron chi connectivity index (χ2n) is 7.82. The number of rotatable bonds is 2. The third kappa shape index (κ3) is 3.94. The van der Waals surface area contributed by atoms with Crippen molar-refractivity contribution in [1.82, 2.24) is 9.97 Å². The molecule has 1 aliphatic heterocycles. The molecule has 2 N–H and O–H groups in total. The minimum absolute atomic E-state index is 0.0260. The van der Waals surface area contributed by atoms with Crippen molar-refractivity contribution >= 4 is 54.7 Å². The first-order valence-electron chi connectivity index (χ1n) is 10.8. The highest BCUT2D eigenvalue weighted by molar-refractivity contribution is 7.23. The Hall–Kier alpha value is -3.42. The maximum Gasteiger partial charge on any atom is 0.318 e. The number of nitriles is 1. The van der Waals surface area contributed by atoms with Gasteiger partial charge in [-0.15, -0.1) is 11.3 Å². The van der Waals surface area contributed by atoms with Crippen molar-refractivity contribution in [1.29, 1.82) is 5.26 Å². The first-order chi connectivity index (χ1) is 16.8. The third-order valence-corrected chi connectivity index (χ3v) is 6.75. The van der Waals surface area contributed by atoms with Crippen LogP contribution in [0.5, 0.6) is 11.8 Å². The second kappa shape index (κ2) is 9.68. The molecule has 1 aliphatic rings. The van der Waals surface area contributed by atoms with E-state index in [2.05, 4.69) is 23.8 Å². The number of aromatic nitrogens is 2. The van der Waals surface area contributed by atoms with Crippen molar-refractivity contribution in [2.45, 2.75) is 20.3 Å². The smallest absolute Gasteiger partial charge is 0.318 e. The zero-order chi connectivity index (χ0) is 25.4. The molecule has 0 aliphatic carbocycles. The molecule has 0 atom stereocenters. The molecule has 0 spiro atoms. The average Bonchev–Trinajstić information content (AvgIpc) is 3.09. The molecule has 3 heterocycles. The Labute approximate surface area is 209 Å². The summed E-state index contributed by atoms with van der Waals surface area (Å²) >= 11 is 7.61. The van der Waals surface area contributed by atoms with Crippen LogP contribution in [-0.2, 0) is 0 Å². The van der Waals surface area contributed by atoms with E-state index in [-0.39, 0.29) is 60.7 Å². The quantitative estimate of drug-likeness (QED) is 0.340. The third-order valence-electron chi connectivity index (χ3n) is 5.36. The molecule has 0 saturated carbocycles. The first-order valence-corrected chi connectivity index (χ1v) is 12.0. The van der Waals surface area contributed by atoms with Crippen LogP contribution in [0.2, 0.25) is 5.02 Å². The minimum atomic E-state index is -0.767. The SMILES string of the molecule is CCC.COc1nc2c3c(c(Cl)c(-c4ccc(F)c5sc(N)c(C#N)c45)c(F)c3n1)OCCN2C. The van der Waals surface area contributed by atoms with Crippen molar-refractivity contribution in [2.75, 3.05) is 37.9 Å². The zero-order valence-electron chi connectivity index (χ0n) is 19.5. The van der Waals surface area contributed by atoms with Crippen LogP contribution >= 0.6 is 22.9 Å². The molecule has 0 unspecified atom stereocenters. The number of methoxy groups -OCH3 is 1. The van der Waals surface area contributed by atoms with E-state index in [0.29, 0.717) is 17.7 Å². The molecule has 35 heavy (non-hydrogen) atoms. The number of benzene rings is 2. The van der Waals surface area contributed by atoms with Crippen LogP contribution in [0.1, 0.15) is 25.8 Å². The van der Waals surface area contributed by atoms with Gasteiger partial charge in [-0.2, -0.15) is 15.2 Å². The maximum absolute atomic E-state index is 16.1. The molecular formula is C24H22ClF2N5O2S. The lowest BCUT2D eigenvalue weighted by Gasteiger charge is -2.18. The van der Waals surface area contributed by atoms with Gasteiger partial charge < -0.3 is 20.1 Å². The highest BCUT2D eigenvalue weighted by atomic mass is 35.5. The second-order valence-corrected chi connectivity index (χ2v) is 9.25. The Kier molecular flexibility index (Phi) is 6.83. The summed E-state index contributed by atoms with van der Waals surface area (Å²) < 4.78 is 41.8. The van der Waals surface area contributed by atoms with Crippen LogP contribution in [0.3, 0.4) is 0 Å². The van der Waals surface area contributed by atoms with Crippen LogP contribution in [0.15, 0.2) is 12.1 Å². The number of fused-ring (bicyclic) bond motifs is 1. The lowest BCUT2D eigenvalue weighted by Crippen LogP contribution is -2.22. The molecule has 0 saturated heterocycles. The van der Waals surface area contributed by atoms with Gasteiger partial charge in [0.1, 0.15) is 34.8 Å². The van der Waals surface area contributed by atoms with Gasteiger partial charge in [0.15, 0.2) is 11.6 Å². The van der Waals surface area contributed by atoms with Crippen molar-refractivity contribution in [3.63, 3.8) is 0 Å². The summed E-state index contributed by atoms with van der Waals surface area (Å²) in [6, 6.07) is 4.52. The van der Waals surface area contributed by atoms with Crippen LogP contribution in [0.25, 0.3) is 32.1 Å². The number of hydrogen-bond donors (Lipinski definition) is 1. The van der Waals surface area contributed by atoms with Crippen molar-refractivity contribution < 1.29 is 18.3 Å². The van der Waals surface area contributed by atoms with Gasteiger partial charge >= 0.3 is 6.01 Å². The van der Waals surface area contributed by atoms with Gasteiger partial charge in [-0.25, -0.2) is 8.78 Å². The van der Waals surface area contributed by atoms with Crippen molar-refractivity contribution in [3.05, 3.63) is 34.4 Å². The van der Waals surface area contributed by atoms with Gasteiger partial charge in [-0.05, 0) is 11.6 Å². The number of thiophene rings is 1. The summed E-state index contributed by atoms with van der Waals surface area (Å²) in [4.78, 5) is 10.4. The fourth-order valence-corrected chi connectivity index (χ4v) is 5.16. The molecule has 0 radical (unpaired) electrons. The number of nitrogens with two attached hydrogens (primary N) is 1. The molecule has 0 amide bonds. The number of hydrogen-bond acceptors (Lipinski definition) is 8. The fraction of sp³-hybridized carbons (Fsp3) is 0.292. The molecule has 0 fully saturated rings. The van der Waals surface area contributed by atoms with Crippen LogP contribution in [-0.4, -0.2) is 37.3 Å². The van der Waals surface area contributed by atoms with E-state index in [1.54, 1.807) is 11.9 Å². The van der Waals surface area contributed by atoms with Crippen LogP contribution in [0, 0.1) is 23.0 Å². The van der Waals surface area contributed by atoms with Crippen molar-refractivity contribution in [2.24, 2.45) is 0 Å². The number of nitrogens with zero attached hydrogens (tertiary/aromatic N) is 4. The molecular weight excluding hydrogens is 496 g/mol. The Morgan fingerprint density at radius 3 is 2.66 bits per heavy atom. The monoisotopic (exact) mass is 517 g/mol. The Morgan fingerprint density at radius 1 is 1.29 bits per heavy atom. The number of nitrogen functional groups attached to an aromatic ring is 1. The minimum Gasteiger partial charge on any atom is -0.489 e. The molecule has 7 nitrogen and oxygen atoms in total. The lowest BCUT2D eigenvalue weighted by molar-refractivity contribution is 0.333. The molecule has 2 aromatic carbocycles. The normalized spacial score (nSPS) is 12.6. The Bertz CT molecular complexity index is 1500. The molecule has 0 bridgehead atoms. The van der Waals surface area contributed by atoms with E-state index in [1.807, 2.05) is 6.07 Å². The number of ether oxygens (including phenoxy) is 2. The topological polar surface area (TPSA) is 97.3 Å². The van der Waals surface area contributed by atoms with Gasteiger partial charge in [0, 0.05) is 18.0 Å². The Morgan fingerprint density at radius 2 is 2.00 bits per heavy atom. The first kappa shape index (κ1) is 24.7. The maximum atomic E-state index is 16.1. The molecule has 11 heteroatoms. The summed E-state index contributed by atoms with van der Waals surface area (Å²) in [6.07, 6.45) is 1.25. The summed E-state index contributed by atoms with van der Waals surface area (Å²) in [7, 11) is 3.17. The average molecular weight is 518 g/mol. The van der Waals surface area contributed by atoms with E-state index in [9.17, 15) is 9.65 Å². The highest BCUT2D eigenvalue weighted by Crippen LogP contribution is 2.50. The largest absolute Gasteiger partial charge is 0.489 e. The lowest BCUT2D eigenvalue weighted by atomic mass is 9.96. The van der Waals surface area contributed by atoms with Crippen molar-refractivity contribution in [3.8, 4) is 29.0 Å². The predicted octanol–water partition coefficient (Wildman–Crippen LogP) is 6.15. The number of likely N-dealkylation sites (N-methyl/N-ethyl adjacent to an activating group) is 1. The van der Waals surface area contributed by atoms with E-state index >= 15 is 4.39 Å². The standard InChI is InChI=1S/C21H14ClF2N5O2S.C3H8/c1-29-5-6-31-17-13-16(27-21(30-2)28-20(13)29)15(24)12(14(17)22)8-3-4-10(23)18-11(8)9(7-25)19(26)32-18;1-3-2/h3-4H,5-6,26H2,1-2H3;3H2,1-2H3. The van der Waals surface area contributed by atoms with Gasteiger partial charge in [0.25, 0.3) is 0 Å². The Balaban J connectivity index is 0.000000917. The van der Waals surface area contributed by atoms with E-state index in [0.717, 1.165) is 11.3 Å². The summed E-state index contributed by atoms with van der Waals surface area (Å²) in [5.74, 6) is -0.717. The zero-order valence-corrected chi connectivity index (χ0v) is 21.1. The van der Waals surface area contributed by atoms with Crippen LogP contribution < -0.4 is 20.1 Å². The molecule has 182 valence electrons. The number of anilines is 2.